The highest BCUT2D eigenvalue weighted by molar-refractivity contribution is 7.15. The average Bonchev–Trinajstić information content (AvgIpc) is 2.86. The molecule has 2 aromatic heterocycles. The quantitative estimate of drug-likeness (QED) is 0.866. The molecule has 1 aliphatic rings. The topological polar surface area (TPSA) is 49.2 Å². The SMILES string of the molecule is Cc1ncc(-c2cnc(Cl)cc2N2CCC(O)CC2)s1. The largest absolute Gasteiger partial charge is 0.393 e. The third-order valence-electron chi connectivity index (χ3n) is 3.54. The fourth-order valence-electron chi connectivity index (χ4n) is 2.46. The second kappa shape index (κ2) is 5.68. The maximum absolute atomic E-state index is 9.65. The van der Waals surface area contributed by atoms with Crippen molar-refractivity contribution in [3.63, 3.8) is 0 Å². The highest BCUT2D eigenvalue weighted by Crippen LogP contribution is 2.36. The van der Waals surface area contributed by atoms with E-state index in [1.807, 2.05) is 25.4 Å². The Bertz CT molecular complexity index is 608. The van der Waals surface area contributed by atoms with Gasteiger partial charge in [-0.3, -0.25) is 0 Å². The summed E-state index contributed by atoms with van der Waals surface area (Å²) in [5.74, 6) is 0. The van der Waals surface area contributed by atoms with E-state index in [1.165, 1.54) is 0 Å². The van der Waals surface area contributed by atoms with Gasteiger partial charge in [0.15, 0.2) is 0 Å². The van der Waals surface area contributed by atoms with Crippen LogP contribution < -0.4 is 4.90 Å². The maximum atomic E-state index is 9.65. The fraction of sp³-hybridized carbons (Fsp3) is 0.429. The third-order valence-corrected chi connectivity index (χ3v) is 4.69. The number of rotatable bonds is 2. The molecule has 4 nitrogen and oxygen atoms in total. The van der Waals surface area contributed by atoms with Crippen LogP contribution >= 0.6 is 22.9 Å². The number of nitrogens with zero attached hydrogens (tertiary/aromatic N) is 3. The number of halogens is 1. The zero-order valence-electron chi connectivity index (χ0n) is 11.2. The van der Waals surface area contributed by atoms with E-state index in [0.717, 1.165) is 47.1 Å². The van der Waals surface area contributed by atoms with Crippen molar-refractivity contribution in [3.05, 3.63) is 28.6 Å². The average molecular weight is 310 g/mol. The molecule has 106 valence electrons. The normalized spacial score (nSPS) is 16.6. The van der Waals surface area contributed by atoms with E-state index in [4.69, 9.17) is 11.6 Å². The van der Waals surface area contributed by atoms with Gasteiger partial charge in [0.05, 0.1) is 21.7 Å². The first-order valence-electron chi connectivity index (χ1n) is 6.65. The molecule has 6 heteroatoms. The minimum atomic E-state index is -0.183. The highest BCUT2D eigenvalue weighted by Gasteiger charge is 2.21. The van der Waals surface area contributed by atoms with E-state index < -0.39 is 0 Å². The number of anilines is 1. The molecule has 0 aliphatic carbocycles. The zero-order valence-corrected chi connectivity index (χ0v) is 12.8. The Morgan fingerprint density at radius 3 is 2.70 bits per heavy atom. The summed E-state index contributed by atoms with van der Waals surface area (Å²) in [4.78, 5) is 11.9. The summed E-state index contributed by atoms with van der Waals surface area (Å²) in [5.41, 5.74) is 2.15. The van der Waals surface area contributed by atoms with Crippen LogP contribution in [0, 0.1) is 6.92 Å². The molecule has 0 radical (unpaired) electrons. The second-order valence-electron chi connectivity index (χ2n) is 4.99. The van der Waals surface area contributed by atoms with Crippen LogP contribution in [0.4, 0.5) is 5.69 Å². The van der Waals surface area contributed by atoms with E-state index in [9.17, 15) is 5.11 Å². The lowest BCUT2D eigenvalue weighted by molar-refractivity contribution is 0.145. The molecule has 1 saturated heterocycles. The van der Waals surface area contributed by atoms with Crippen molar-refractivity contribution in [2.45, 2.75) is 25.9 Å². The van der Waals surface area contributed by atoms with Crippen LogP contribution in [0.3, 0.4) is 0 Å². The summed E-state index contributed by atoms with van der Waals surface area (Å²) in [6, 6.07) is 1.91. The summed E-state index contributed by atoms with van der Waals surface area (Å²) in [7, 11) is 0. The first-order valence-corrected chi connectivity index (χ1v) is 7.84. The number of aliphatic hydroxyl groups excluding tert-OH is 1. The lowest BCUT2D eigenvalue weighted by Gasteiger charge is -2.32. The van der Waals surface area contributed by atoms with Crippen LogP contribution in [0.25, 0.3) is 10.4 Å². The van der Waals surface area contributed by atoms with Crippen molar-refractivity contribution in [1.82, 2.24) is 9.97 Å². The van der Waals surface area contributed by atoms with Gasteiger partial charge in [-0.2, -0.15) is 0 Å². The van der Waals surface area contributed by atoms with Gasteiger partial charge in [0.1, 0.15) is 5.15 Å². The Morgan fingerprint density at radius 1 is 1.30 bits per heavy atom. The number of hydrogen-bond donors (Lipinski definition) is 1. The molecule has 0 saturated carbocycles. The van der Waals surface area contributed by atoms with E-state index in [1.54, 1.807) is 11.3 Å². The number of hydrogen-bond acceptors (Lipinski definition) is 5. The predicted molar refractivity (Wildman–Crippen MR) is 82.5 cm³/mol. The van der Waals surface area contributed by atoms with E-state index in [0.29, 0.717) is 5.15 Å². The predicted octanol–water partition coefficient (Wildman–Crippen LogP) is 3.13. The Balaban J connectivity index is 1.98. The van der Waals surface area contributed by atoms with E-state index >= 15 is 0 Å². The lowest BCUT2D eigenvalue weighted by Crippen LogP contribution is -2.36. The Morgan fingerprint density at radius 2 is 2.05 bits per heavy atom. The molecule has 0 spiro atoms. The Kier molecular flexibility index (Phi) is 3.92. The fourth-order valence-corrected chi connectivity index (χ4v) is 3.41. The van der Waals surface area contributed by atoms with E-state index in [2.05, 4.69) is 14.9 Å². The minimum Gasteiger partial charge on any atom is -0.393 e. The van der Waals surface area contributed by atoms with Crippen LogP contribution in [0.5, 0.6) is 0 Å². The summed E-state index contributed by atoms with van der Waals surface area (Å²) in [6.07, 6.45) is 5.10. The molecule has 0 bridgehead atoms. The number of piperidine rings is 1. The Hall–Kier alpha value is -1.17. The van der Waals surface area contributed by atoms with Gasteiger partial charge < -0.3 is 10.0 Å². The van der Waals surface area contributed by atoms with Crippen LogP contribution in [0.1, 0.15) is 17.8 Å². The standard InChI is InChI=1S/C14H16ClN3OS/c1-9-16-8-13(20-9)11-7-17-14(15)6-12(11)18-4-2-10(19)3-5-18/h6-8,10,19H,2-5H2,1H3. The molecule has 0 aromatic carbocycles. The molecule has 3 heterocycles. The molecule has 1 N–H and O–H groups in total. The number of pyridine rings is 1. The smallest absolute Gasteiger partial charge is 0.131 e. The summed E-state index contributed by atoms with van der Waals surface area (Å²) in [6.45, 7) is 3.67. The van der Waals surface area contributed by atoms with Crippen molar-refractivity contribution >= 4 is 28.6 Å². The van der Waals surface area contributed by atoms with Crippen molar-refractivity contribution in [2.75, 3.05) is 18.0 Å². The molecular formula is C14H16ClN3OS. The number of thiazole rings is 1. The van der Waals surface area contributed by atoms with Crippen LogP contribution in [-0.4, -0.2) is 34.3 Å². The van der Waals surface area contributed by atoms with Gasteiger partial charge in [-0.25, -0.2) is 9.97 Å². The van der Waals surface area contributed by atoms with Crippen molar-refractivity contribution in [1.29, 1.82) is 0 Å². The molecule has 2 aromatic rings. The third kappa shape index (κ3) is 2.80. The maximum Gasteiger partial charge on any atom is 0.131 e. The molecule has 1 aliphatic heterocycles. The van der Waals surface area contributed by atoms with Crippen molar-refractivity contribution < 1.29 is 5.11 Å². The second-order valence-corrected chi connectivity index (χ2v) is 6.61. The number of aryl methyl sites for hydroxylation is 1. The van der Waals surface area contributed by atoms with Crippen molar-refractivity contribution in [3.8, 4) is 10.4 Å². The number of aromatic nitrogens is 2. The van der Waals surface area contributed by atoms with Gasteiger partial charge in [0, 0.05) is 31.0 Å². The first-order chi connectivity index (χ1) is 9.63. The lowest BCUT2D eigenvalue weighted by atomic mass is 10.1. The minimum absolute atomic E-state index is 0.183. The Labute approximate surface area is 127 Å². The summed E-state index contributed by atoms with van der Waals surface area (Å²) < 4.78 is 0. The molecule has 0 amide bonds. The number of aliphatic hydroxyl groups is 1. The summed E-state index contributed by atoms with van der Waals surface area (Å²) >= 11 is 7.71. The van der Waals surface area contributed by atoms with Gasteiger partial charge in [-0.1, -0.05) is 11.6 Å². The molecular weight excluding hydrogens is 294 g/mol. The zero-order chi connectivity index (χ0) is 14.1. The highest BCUT2D eigenvalue weighted by atomic mass is 35.5. The summed E-state index contributed by atoms with van der Waals surface area (Å²) in [5, 5.41) is 11.2. The van der Waals surface area contributed by atoms with Crippen molar-refractivity contribution in [2.24, 2.45) is 0 Å². The van der Waals surface area contributed by atoms with Gasteiger partial charge in [-0.15, -0.1) is 11.3 Å². The van der Waals surface area contributed by atoms with Gasteiger partial charge >= 0.3 is 0 Å². The molecule has 0 atom stereocenters. The van der Waals surface area contributed by atoms with Gasteiger partial charge in [-0.05, 0) is 25.8 Å². The van der Waals surface area contributed by atoms with Gasteiger partial charge in [0.2, 0.25) is 0 Å². The first kappa shape index (κ1) is 13.8. The van der Waals surface area contributed by atoms with Crippen LogP contribution in [0.15, 0.2) is 18.5 Å². The van der Waals surface area contributed by atoms with Crippen LogP contribution in [-0.2, 0) is 0 Å². The molecule has 1 fully saturated rings. The van der Waals surface area contributed by atoms with E-state index in [-0.39, 0.29) is 6.10 Å². The van der Waals surface area contributed by atoms with Gasteiger partial charge in [0.25, 0.3) is 0 Å². The molecule has 0 unspecified atom stereocenters. The van der Waals surface area contributed by atoms with Crippen LogP contribution in [0.2, 0.25) is 5.15 Å². The monoisotopic (exact) mass is 309 g/mol. The molecule has 3 rings (SSSR count). The molecule has 20 heavy (non-hydrogen) atoms.